The molecule has 1 N–H and O–H groups in total. The van der Waals surface area contributed by atoms with Crippen LogP contribution in [0.5, 0.6) is 0 Å². The molecule has 0 atom stereocenters. The van der Waals surface area contributed by atoms with Crippen LogP contribution in [0, 0.1) is 0 Å². The maximum absolute atomic E-state index is 5.93. The van der Waals surface area contributed by atoms with E-state index in [-0.39, 0.29) is 5.28 Å². The molecular weight excluding hydrogens is 282 g/mol. The van der Waals surface area contributed by atoms with Crippen molar-refractivity contribution in [3.8, 4) is 0 Å². The SMILES string of the molecule is CCCNc1nc(Cl)nc(N(C)Cc2ccsc2)n1. The highest BCUT2D eigenvalue weighted by Crippen LogP contribution is 2.16. The van der Waals surface area contributed by atoms with Gasteiger partial charge in [0.25, 0.3) is 0 Å². The molecule has 0 radical (unpaired) electrons. The van der Waals surface area contributed by atoms with E-state index in [1.54, 1.807) is 11.3 Å². The lowest BCUT2D eigenvalue weighted by atomic mass is 10.3. The molecule has 0 unspecified atom stereocenters. The van der Waals surface area contributed by atoms with Crippen LogP contribution in [-0.4, -0.2) is 28.5 Å². The fourth-order valence-corrected chi connectivity index (χ4v) is 2.37. The summed E-state index contributed by atoms with van der Waals surface area (Å²) in [6.07, 6.45) is 1.00. The van der Waals surface area contributed by atoms with Gasteiger partial charge in [-0.2, -0.15) is 26.3 Å². The number of anilines is 2. The Bertz CT molecular complexity index is 517. The summed E-state index contributed by atoms with van der Waals surface area (Å²) in [7, 11) is 1.94. The quantitative estimate of drug-likeness (QED) is 0.888. The van der Waals surface area contributed by atoms with Crippen molar-refractivity contribution in [1.82, 2.24) is 15.0 Å². The maximum Gasteiger partial charge on any atom is 0.231 e. The summed E-state index contributed by atoms with van der Waals surface area (Å²) >= 11 is 7.60. The van der Waals surface area contributed by atoms with E-state index >= 15 is 0 Å². The van der Waals surface area contributed by atoms with Gasteiger partial charge in [0.15, 0.2) is 0 Å². The highest BCUT2D eigenvalue weighted by molar-refractivity contribution is 7.07. The second kappa shape index (κ2) is 6.68. The molecular formula is C12H16ClN5S. The third-order valence-corrected chi connectivity index (χ3v) is 3.37. The molecule has 2 aromatic rings. The van der Waals surface area contributed by atoms with E-state index in [0.29, 0.717) is 11.9 Å². The van der Waals surface area contributed by atoms with Gasteiger partial charge in [-0.15, -0.1) is 0 Å². The molecule has 0 bridgehead atoms. The molecule has 7 heteroatoms. The molecule has 0 aliphatic rings. The van der Waals surface area contributed by atoms with Gasteiger partial charge < -0.3 is 10.2 Å². The third kappa shape index (κ3) is 4.04. The first-order valence-corrected chi connectivity index (χ1v) is 7.38. The normalized spacial score (nSPS) is 10.5. The van der Waals surface area contributed by atoms with Gasteiger partial charge in [0.2, 0.25) is 17.2 Å². The molecule has 102 valence electrons. The molecule has 2 heterocycles. The molecule has 0 fully saturated rings. The standard InChI is InChI=1S/C12H16ClN5S/c1-3-5-14-11-15-10(13)16-12(17-11)18(2)7-9-4-6-19-8-9/h4,6,8H,3,5,7H2,1-2H3,(H,14,15,16,17). The Balaban J connectivity index is 2.11. The predicted octanol–water partition coefficient (Wildman–Crippen LogP) is 3.04. The Hall–Kier alpha value is -1.40. The van der Waals surface area contributed by atoms with E-state index in [0.717, 1.165) is 19.5 Å². The summed E-state index contributed by atoms with van der Waals surface area (Å²) in [6.45, 7) is 3.64. The Morgan fingerprint density at radius 1 is 1.37 bits per heavy atom. The molecule has 0 saturated carbocycles. The lowest BCUT2D eigenvalue weighted by molar-refractivity contribution is 0.850. The minimum absolute atomic E-state index is 0.209. The second-order valence-corrected chi connectivity index (χ2v) is 5.26. The van der Waals surface area contributed by atoms with Crippen LogP contribution in [0.25, 0.3) is 0 Å². The average molecular weight is 298 g/mol. The fourth-order valence-electron chi connectivity index (χ4n) is 1.55. The molecule has 0 aliphatic heterocycles. The number of hydrogen-bond donors (Lipinski definition) is 1. The minimum Gasteiger partial charge on any atom is -0.354 e. The van der Waals surface area contributed by atoms with Crippen LogP contribution in [0.3, 0.4) is 0 Å². The topological polar surface area (TPSA) is 53.9 Å². The highest BCUT2D eigenvalue weighted by atomic mass is 35.5. The van der Waals surface area contributed by atoms with Gasteiger partial charge >= 0.3 is 0 Å². The van der Waals surface area contributed by atoms with Crippen molar-refractivity contribution in [2.75, 3.05) is 23.8 Å². The Morgan fingerprint density at radius 2 is 2.21 bits per heavy atom. The summed E-state index contributed by atoms with van der Waals surface area (Å²) in [5, 5.41) is 7.49. The minimum atomic E-state index is 0.209. The molecule has 0 spiro atoms. The summed E-state index contributed by atoms with van der Waals surface area (Å²) < 4.78 is 0. The smallest absolute Gasteiger partial charge is 0.231 e. The van der Waals surface area contributed by atoms with Gasteiger partial charge in [-0.05, 0) is 40.4 Å². The number of hydrogen-bond acceptors (Lipinski definition) is 6. The molecule has 0 saturated heterocycles. The molecule has 0 aromatic carbocycles. The van der Waals surface area contributed by atoms with Crippen LogP contribution in [-0.2, 0) is 6.54 Å². The van der Waals surface area contributed by atoms with Crippen molar-refractivity contribution in [3.05, 3.63) is 27.7 Å². The molecule has 2 rings (SSSR count). The van der Waals surface area contributed by atoms with Crippen molar-refractivity contribution >= 4 is 34.8 Å². The van der Waals surface area contributed by atoms with Crippen molar-refractivity contribution in [3.63, 3.8) is 0 Å². The number of nitrogens with zero attached hydrogens (tertiary/aromatic N) is 4. The largest absolute Gasteiger partial charge is 0.354 e. The van der Waals surface area contributed by atoms with Crippen LogP contribution >= 0.6 is 22.9 Å². The number of halogens is 1. The van der Waals surface area contributed by atoms with Gasteiger partial charge in [0, 0.05) is 20.1 Å². The molecule has 0 amide bonds. The van der Waals surface area contributed by atoms with E-state index in [4.69, 9.17) is 11.6 Å². The third-order valence-electron chi connectivity index (χ3n) is 2.47. The summed E-state index contributed by atoms with van der Waals surface area (Å²) in [4.78, 5) is 14.5. The molecule has 0 aliphatic carbocycles. The molecule has 2 aromatic heterocycles. The van der Waals surface area contributed by atoms with Gasteiger partial charge in [0.1, 0.15) is 0 Å². The van der Waals surface area contributed by atoms with Gasteiger partial charge in [-0.1, -0.05) is 6.92 Å². The number of nitrogens with one attached hydrogen (secondary N) is 1. The molecule has 19 heavy (non-hydrogen) atoms. The van der Waals surface area contributed by atoms with Crippen LogP contribution in [0.15, 0.2) is 16.8 Å². The van der Waals surface area contributed by atoms with Gasteiger partial charge in [0.05, 0.1) is 0 Å². The highest BCUT2D eigenvalue weighted by Gasteiger charge is 2.09. The first kappa shape index (κ1) is 14.0. The first-order valence-electron chi connectivity index (χ1n) is 6.06. The average Bonchev–Trinajstić information content (AvgIpc) is 2.88. The Labute approximate surface area is 121 Å². The number of rotatable bonds is 6. The van der Waals surface area contributed by atoms with Crippen LogP contribution in [0.1, 0.15) is 18.9 Å². The summed E-state index contributed by atoms with van der Waals surface area (Å²) in [5.74, 6) is 1.10. The van der Waals surface area contributed by atoms with E-state index in [1.807, 2.05) is 11.9 Å². The van der Waals surface area contributed by atoms with Crippen LogP contribution in [0.4, 0.5) is 11.9 Å². The number of aromatic nitrogens is 3. The van der Waals surface area contributed by atoms with Crippen molar-refractivity contribution in [2.24, 2.45) is 0 Å². The zero-order chi connectivity index (χ0) is 13.7. The summed E-state index contributed by atoms with van der Waals surface area (Å²) in [5.41, 5.74) is 1.23. The van der Waals surface area contributed by atoms with Crippen LogP contribution < -0.4 is 10.2 Å². The first-order chi connectivity index (χ1) is 9.19. The van der Waals surface area contributed by atoms with E-state index < -0.39 is 0 Å². The second-order valence-electron chi connectivity index (χ2n) is 4.14. The van der Waals surface area contributed by atoms with Gasteiger partial charge in [-0.3, -0.25) is 0 Å². The van der Waals surface area contributed by atoms with Crippen molar-refractivity contribution in [2.45, 2.75) is 19.9 Å². The lowest BCUT2D eigenvalue weighted by Gasteiger charge is -2.17. The Kier molecular flexibility index (Phi) is 4.93. The van der Waals surface area contributed by atoms with Crippen LogP contribution in [0.2, 0.25) is 5.28 Å². The zero-order valence-corrected chi connectivity index (χ0v) is 12.5. The summed E-state index contributed by atoms with van der Waals surface area (Å²) in [6, 6.07) is 2.08. The van der Waals surface area contributed by atoms with Crippen molar-refractivity contribution in [1.29, 1.82) is 0 Å². The lowest BCUT2D eigenvalue weighted by Crippen LogP contribution is -2.20. The van der Waals surface area contributed by atoms with E-state index in [2.05, 4.69) is 44.0 Å². The van der Waals surface area contributed by atoms with E-state index in [1.165, 1.54) is 5.56 Å². The monoisotopic (exact) mass is 297 g/mol. The maximum atomic E-state index is 5.93. The van der Waals surface area contributed by atoms with Gasteiger partial charge in [-0.25, -0.2) is 0 Å². The van der Waals surface area contributed by atoms with Crippen molar-refractivity contribution < 1.29 is 0 Å². The number of thiophene rings is 1. The Morgan fingerprint density at radius 3 is 2.89 bits per heavy atom. The van der Waals surface area contributed by atoms with E-state index in [9.17, 15) is 0 Å². The predicted molar refractivity (Wildman–Crippen MR) is 80.0 cm³/mol. The fraction of sp³-hybridized carbons (Fsp3) is 0.417. The molecule has 5 nitrogen and oxygen atoms in total. The zero-order valence-electron chi connectivity index (χ0n) is 10.9.